The highest BCUT2D eigenvalue weighted by atomic mass is 79.9. The summed E-state index contributed by atoms with van der Waals surface area (Å²) in [5, 5.41) is 15.6. The van der Waals surface area contributed by atoms with Gasteiger partial charge in [0.05, 0.1) is 29.7 Å². The molecule has 13 heteroatoms. The number of rotatable bonds is 8. The van der Waals surface area contributed by atoms with Crippen molar-refractivity contribution in [3.63, 3.8) is 0 Å². The lowest BCUT2D eigenvalue weighted by atomic mass is 10.2. The molecule has 0 spiro atoms. The first-order valence-corrected chi connectivity index (χ1v) is 13.2. The van der Waals surface area contributed by atoms with Gasteiger partial charge in [0.1, 0.15) is 5.75 Å². The quantitative estimate of drug-likeness (QED) is 0.115. The maximum absolute atomic E-state index is 13.4. The van der Waals surface area contributed by atoms with Gasteiger partial charge in [-0.15, -0.1) is 9.19 Å². The van der Waals surface area contributed by atoms with Crippen molar-refractivity contribution in [2.24, 2.45) is 0 Å². The van der Waals surface area contributed by atoms with Crippen molar-refractivity contribution in [1.29, 1.82) is 0 Å². The third-order valence-corrected chi connectivity index (χ3v) is 7.62. The van der Waals surface area contributed by atoms with Crippen molar-refractivity contribution >= 4 is 64.2 Å². The molecule has 3 aromatic carbocycles. The van der Waals surface area contributed by atoms with E-state index in [1.165, 1.54) is 42.5 Å². The van der Waals surface area contributed by atoms with Crippen LogP contribution in [0.5, 0.6) is 11.6 Å². The van der Waals surface area contributed by atoms with E-state index in [9.17, 15) is 18.5 Å². The average Bonchev–Trinajstić information content (AvgIpc) is 3.18. The van der Waals surface area contributed by atoms with E-state index in [0.717, 1.165) is 9.65 Å². The molecule has 0 saturated carbocycles. The zero-order valence-electron chi connectivity index (χ0n) is 18.6. The summed E-state index contributed by atoms with van der Waals surface area (Å²) in [6, 6.07) is 14.9. The number of fused-ring (bicyclic) bond motifs is 1. The molecular formula is C23H18Br2N4O6S. The van der Waals surface area contributed by atoms with Gasteiger partial charge >= 0.3 is 0 Å². The van der Waals surface area contributed by atoms with Crippen LogP contribution in [0.1, 0.15) is 5.56 Å². The molecule has 36 heavy (non-hydrogen) atoms. The smallest absolute Gasteiger partial charge is 0.283 e. The molecule has 2 N–H and O–H groups in total. The number of nitrogens with two attached hydrogens (primary N) is 1. The van der Waals surface area contributed by atoms with E-state index in [4.69, 9.17) is 15.2 Å². The lowest BCUT2D eigenvalue weighted by Crippen LogP contribution is -2.24. The van der Waals surface area contributed by atoms with Gasteiger partial charge < -0.3 is 15.2 Å². The number of nitro groups is 1. The Labute approximate surface area is 222 Å². The van der Waals surface area contributed by atoms with Crippen LogP contribution in [-0.2, 0) is 10.0 Å². The number of nitrogen functional groups attached to an aromatic ring is 1. The van der Waals surface area contributed by atoms with Crippen LogP contribution in [-0.4, -0.2) is 28.8 Å². The summed E-state index contributed by atoms with van der Waals surface area (Å²) in [4.78, 5) is 10.5. The largest absolute Gasteiger partial charge is 0.449 e. The van der Waals surface area contributed by atoms with E-state index >= 15 is 0 Å². The Morgan fingerprint density at radius 1 is 1.14 bits per heavy atom. The molecule has 10 nitrogen and oxygen atoms in total. The van der Waals surface area contributed by atoms with Crippen molar-refractivity contribution in [2.45, 2.75) is 18.1 Å². The van der Waals surface area contributed by atoms with E-state index in [2.05, 4.69) is 43.5 Å². The van der Waals surface area contributed by atoms with Crippen LogP contribution < -0.4 is 15.2 Å². The number of nitrogens with zero attached hydrogens (tertiary/aromatic N) is 3. The summed E-state index contributed by atoms with van der Waals surface area (Å²) in [6.45, 7) is 5.65. The van der Waals surface area contributed by atoms with Crippen LogP contribution >= 0.6 is 31.9 Å². The lowest BCUT2D eigenvalue weighted by molar-refractivity contribution is -0.385. The fraction of sp³-hybridized carbons (Fsp3) is 0.0870. The zero-order chi connectivity index (χ0) is 26.2. The predicted octanol–water partition coefficient (Wildman–Crippen LogP) is 5.53. The molecule has 1 atom stereocenters. The van der Waals surface area contributed by atoms with Crippen molar-refractivity contribution in [2.75, 3.05) is 5.73 Å². The van der Waals surface area contributed by atoms with E-state index in [-0.39, 0.29) is 32.2 Å². The lowest BCUT2D eigenvalue weighted by Gasteiger charge is -2.19. The maximum Gasteiger partial charge on any atom is 0.283 e. The second-order valence-corrected chi connectivity index (χ2v) is 11.3. The van der Waals surface area contributed by atoms with Gasteiger partial charge in [-0.25, -0.2) is 0 Å². The van der Waals surface area contributed by atoms with Crippen LogP contribution in [0, 0.1) is 17.0 Å². The number of benzene rings is 3. The summed E-state index contributed by atoms with van der Waals surface area (Å²) in [7, 11) is -4.07. The SMILES string of the molecule is C=C(Br)C(Oc1ccc([N+](=O)[O-])cc1Br)Oc1nn(S(=O)(=O)c2ccc(C)cc2)c2ccc(N)cc12. The first kappa shape index (κ1) is 25.7. The van der Waals surface area contributed by atoms with Crippen LogP contribution in [0.15, 0.2) is 81.1 Å². The van der Waals surface area contributed by atoms with E-state index in [1.54, 1.807) is 18.2 Å². The fourth-order valence-electron chi connectivity index (χ4n) is 3.23. The van der Waals surface area contributed by atoms with Crippen molar-refractivity contribution in [1.82, 2.24) is 9.19 Å². The van der Waals surface area contributed by atoms with Gasteiger partial charge in [-0.05, 0) is 75.2 Å². The molecule has 1 unspecified atom stereocenters. The number of anilines is 1. The topological polar surface area (TPSA) is 140 Å². The number of halogens is 2. The number of non-ortho nitro benzene ring substituents is 1. The molecule has 1 aromatic heterocycles. The minimum Gasteiger partial charge on any atom is -0.449 e. The number of hydrogen-bond donors (Lipinski definition) is 1. The summed E-state index contributed by atoms with van der Waals surface area (Å²) < 4.78 is 40.0. The number of nitro benzene ring substituents is 1. The molecule has 0 aliphatic heterocycles. The normalized spacial score (nSPS) is 12.3. The predicted molar refractivity (Wildman–Crippen MR) is 142 cm³/mol. The van der Waals surface area contributed by atoms with Crippen LogP contribution in [0.25, 0.3) is 10.9 Å². The van der Waals surface area contributed by atoms with E-state index < -0.39 is 21.2 Å². The Bertz CT molecular complexity index is 1600. The second kappa shape index (κ2) is 9.91. The Morgan fingerprint density at radius 2 is 1.83 bits per heavy atom. The Balaban J connectivity index is 1.76. The molecule has 0 radical (unpaired) electrons. The molecule has 4 aromatic rings. The standard InChI is InChI=1S/C23H18Br2N4O6S/c1-13-3-7-17(8-4-13)36(32,33)28-20-9-5-15(26)11-18(20)22(27-28)35-23(14(2)24)34-21-10-6-16(29(30)31)12-19(21)25/h3-12,23H,2,26H2,1H3. The summed E-state index contributed by atoms with van der Waals surface area (Å²) >= 11 is 6.48. The molecule has 0 saturated heterocycles. The highest BCUT2D eigenvalue weighted by Gasteiger charge is 2.27. The van der Waals surface area contributed by atoms with Gasteiger partial charge in [0.15, 0.2) is 0 Å². The van der Waals surface area contributed by atoms with Crippen molar-refractivity contribution in [3.05, 3.63) is 91.9 Å². The van der Waals surface area contributed by atoms with Gasteiger partial charge in [0.2, 0.25) is 5.88 Å². The first-order valence-electron chi connectivity index (χ1n) is 10.2. The van der Waals surface area contributed by atoms with E-state index in [0.29, 0.717) is 15.5 Å². The molecule has 0 aliphatic rings. The van der Waals surface area contributed by atoms with E-state index in [1.807, 2.05) is 6.92 Å². The molecule has 186 valence electrons. The third kappa shape index (κ3) is 5.08. The minimum atomic E-state index is -4.07. The molecule has 0 amide bonds. The Hall–Kier alpha value is -3.42. The molecular weight excluding hydrogens is 620 g/mol. The Kier molecular flexibility index (Phi) is 7.07. The highest BCUT2D eigenvalue weighted by molar-refractivity contribution is 9.11. The molecule has 0 fully saturated rings. The van der Waals surface area contributed by atoms with Crippen LogP contribution in [0.4, 0.5) is 11.4 Å². The third-order valence-electron chi connectivity index (χ3n) is 5.02. The van der Waals surface area contributed by atoms with Gasteiger partial charge in [-0.1, -0.05) is 24.3 Å². The Morgan fingerprint density at radius 3 is 2.44 bits per heavy atom. The molecule has 4 rings (SSSR count). The monoisotopic (exact) mass is 636 g/mol. The van der Waals surface area contributed by atoms with Gasteiger partial charge in [-0.3, -0.25) is 10.1 Å². The fourth-order valence-corrected chi connectivity index (χ4v) is 5.16. The van der Waals surface area contributed by atoms with Crippen molar-refractivity contribution in [3.8, 4) is 11.6 Å². The van der Waals surface area contributed by atoms with Gasteiger partial charge in [0.25, 0.3) is 22.0 Å². The average molecular weight is 638 g/mol. The van der Waals surface area contributed by atoms with Crippen LogP contribution in [0.2, 0.25) is 0 Å². The number of aryl methyl sites for hydroxylation is 1. The number of hydrogen-bond acceptors (Lipinski definition) is 8. The summed E-state index contributed by atoms with van der Waals surface area (Å²) in [5.74, 6) is 0.151. The van der Waals surface area contributed by atoms with Gasteiger partial charge in [-0.2, -0.15) is 8.42 Å². The molecule has 1 heterocycles. The zero-order valence-corrected chi connectivity index (χ0v) is 22.6. The summed E-state index contributed by atoms with van der Waals surface area (Å²) in [5.41, 5.74) is 7.34. The van der Waals surface area contributed by atoms with Crippen molar-refractivity contribution < 1.29 is 22.8 Å². The summed E-state index contributed by atoms with van der Waals surface area (Å²) in [6.07, 6.45) is -1.18. The minimum absolute atomic E-state index is 0.0494. The van der Waals surface area contributed by atoms with Gasteiger partial charge in [0, 0.05) is 17.8 Å². The molecule has 0 bridgehead atoms. The van der Waals surface area contributed by atoms with Crippen LogP contribution in [0.3, 0.4) is 0 Å². The highest BCUT2D eigenvalue weighted by Crippen LogP contribution is 2.34. The second-order valence-electron chi connectivity index (χ2n) is 7.63. The maximum atomic E-state index is 13.4. The molecule has 0 aliphatic carbocycles. The number of aromatic nitrogens is 2. The first-order chi connectivity index (χ1) is 17.0. The number of ether oxygens (including phenoxy) is 2.